The second kappa shape index (κ2) is 11.0. The molecule has 0 aliphatic carbocycles. The molecule has 2 N–H and O–H groups in total. The summed E-state index contributed by atoms with van der Waals surface area (Å²) < 4.78 is 42.2. The van der Waals surface area contributed by atoms with Gasteiger partial charge in [-0.1, -0.05) is 0 Å². The number of alkyl halides is 3. The Labute approximate surface area is 207 Å². The van der Waals surface area contributed by atoms with Crippen LogP contribution in [0.3, 0.4) is 0 Å². The van der Waals surface area contributed by atoms with E-state index in [2.05, 4.69) is 10.2 Å². The maximum Gasteiger partial charge on any atom is 0.490 e. The number of nitrogens with zero attached hydrogens (tertiary/aromatic N) is 2. The molecule has 9 nitrogen and oxygen atoms in total. The fourth-order valence-electron chi connectivity index (χ4n) is 5.58. The van der Waals surface area contributed by atoms with Gasteiger partial charge in [-0.15, -0.1) is 0 Å². The Morgan fingerprint density at radius 2 is 1.69 bits per heavy atom. The normalized spacial score (nSPS) is 23.4. The number of aliphatic carboxylic acids is 1. The van der Waals surface area contributed by atoms with E-state index in [0.29, 0.717) is 25.3 Å². The fraction of sp³-hybridized carbons (Fsp3) is 0.625. The average Bonchev–Trinajstić information content (AvgIpc) is 3.37. The Morgan fingerprint density at radius 1 is 1.08 bits per heavy atom. The first-order valence-corrected chi connectivity index (χ1v) is 11.7. The lowest BCUT2D eigenvalue weighted by Crippen LogP contribution is -2.53. The zero-order chi connectivity index (χ0) is 26.6. The number of hydrogen-bond acceptors (Lipinski definition) is 6. The van der Waals surface area contributed by atoms with Crippen molar-refractivity contribution in [1.82, 2.24) is 15.1 Å². The van der Waals surface area contributed by atoms with Crippen molar-refractivity contribution in [2.45, 2.75) is 25.4 Å². The molecule has 3 aliphatic rings. The van der Waals surface area contributed by atoms with Gasteiger partial charge in [-0.2, -0.15) is 13.2 Å². The lowest BCUT2D eigenvalue weighted by atomic mass is 9.60. The number of fused-ring (bicyclic) bond motifs is 1. The molecule has 3 saturated heterocycles. The summed E-state index contributed by atoms with van der Waals surface area (Å²) in [5, 5.41) is 10.2. The number of hydrogen-bond donors (Lipinski definition) is 2. The lowest BCUT2D eigenvalue weighted by Gasteiger charge is -2.46. The molecule has 0 bridgehead atoms. The van der Waals surface area contributed by atoms with Gasteiger partial charge in [0.2, 0.25) is 5.91 Å². The van der Waals surface area contributed by atoms with Gasteiger partial charge in [0, 0.05) is 57.4 Å². The number of nitrogens with one attached hydrogen (secondary N) is 1. The highest BCUT2D eigenvalue weighted by Gasteiger charge is 2.63. The van der Waals surface area contributed by atoms with Crippen LogP contribution in [0.4, 0.5) is 13.2 Å². The predicted molar refractivity (Wildman–Crippen MR) is 123 cm³/mol. The quantitative estimate of drug-likeness (QED) is 0.618. The minimum atomic E-state index is -5.08. The Balaban J connectivity index is 0.000000454. The summed E-state index contributed by atoms with van der Waals surface area (Å²) in [6.45, 7) is 5.38. The molecule has 1 unspecified atom stereocenters. The van der Waals surface area contributed by atoms with Gasteiger partial charge in [0.05, 0.1) is 19.1 Å². The van der Waals surface area contributed by atoms with Crippen LogP contribution in [0, 0.1) is 10.8 Å². The Bertz CT molecular complexity index is 947. The van der Waals surface area contributed by atoms with Crippen LogP contribution in [0.15, 0.2) is 24.3 Å². The van der Waals surface area contributed by atoms with Gasteiger partial charge in [-0.3, -0.25) is 14.5 Å². The van der Waals surface area contributed by atoms with Crippen LogP contribution in [0.1, 0.15) is 29.6 Å². The van der Waals surface area contributed by atoms with Crippen LogP contribution < -0.4 is 10.1 Å². The van der Waals surface area contributed by atoms with Crippen molar-refractivity contribution >= 4 is 17.8 Å². The van der Waals surface area contributed by atoms with Crippen molar-refractivity contribution in [2.75, 3.05) is 60.1 Å². The molecule has 4 rings (SSSR count). The van der Waals surface area contributed by atoms with Gasteiger partial charge < -0.3 is 24.8 Å². The van der Waals surface area contributed by atoms with Gasteiger partial charge in [0.1, 0.15) is 5.75 Å². The molecule has 0 saturated carbocycles. The molecule has 200 valence electrons. The predicted octanol–water partition coefficient (Wildman–Crippen LogP) is 2.02. The fourth-order valence-corrected chi connectivity index (χ4v) is 5.58. The Kier molecular flexibility index (Phi) is 8.50. The van der Waals surface area contributed by atoms with Crippen LogP contribution >= 0.6 is 0 Å². The summed E-state index contributed by atoms with van der Waals surface area (Å²) in [7, 11) is 3.33. The van der Waals surface area contributed by atoms with Crippen molar-refractivity contribution in [3.8, 4) is 5.75 Å². The standard InChI is InChI=1S/C22H31N3O4.C2HF3O2/c1-28-14-13-24-15-21(22(16-24)7-10-23-20(22)27)8-11-25(12-9-21)19(26)17-3-5-18(29-2)6-4-17;3-2(4,5)1(6)7/h3-6H,7-16H2,1-2H3,(H,23,27);(H,6,7). The zero-order valence-corrected chi connectivity index (χ0v) is 20.4. The highest BCUT2D eigenvalue weighted by atomic mass is 19.4. The van der Waals surface area contributed by atoms with E-state index >= 15 is 0 Å². The van der Waals surface area contributed by atoms with E-state index in [-0.39, 0.29) is 22.6 Å². The molecule has 3 fully saturated rings. The molecule has 1 aromatic carbocycles. The summed E-state index contributed by atoms with van der Waals surface area (Å²) in [5.74, 6) is -1.75. The second-order valence-corrected chi connectivity index (χ2v) is 9.40. The molecule has 3 aliphatic heterocycles. The number of carbonyl (C=O) groups is 3. The van der Waals surface area contributed by atoms with Crippen LogP contribution in [0.5, 0.6) is 5.75 Å². The molecule has 0 radical (unpaired) electrons. The summed E-state index contributed by atoms with van der Waals surface area (Å²) in [6, 6.07) is 7.28. The average molecular weight is 516 g/mol. The molecule has 3 heterocycles. The molecule has 2 spiro atoms. The number of rotatable bonds is 5. The van der Waals surface area contributed by atoms with Crippen molar-refractivity contribution in [2.24, 2.45) is 10.8 Å². The SMILES string of the molecule is COCCN1CC2(CCN(C(=O)c3ccc(OC)cc3)CC2)C2(CCNC2=O)C1.O=C(O)C(F)(F)F. The molecule has 1 atom stereocenters. The van der Waals surface area contributed by atoms with E-state index in [9.17, 15) is 22.8 Å². The molecule has 36 heavy (non-hydrogen) atoms. The van der Waals surface area contributed by atoms with E-state index in [1.54, 1.807) is 14.2 Å². The number of carboxylic acid groups (broad SMARTS) is 1. The molecule has 2 amide bonds. The number of halogens is 3. The van der Waals surface area contributed by atoms with Gasteiger partial charge in [0.15, 0.2) is 0 Å². The van der Waals surface area contributed by atoms with Gasteiger partial charge in [-0.25, -0.2) is 4.79 Å². The van der Waals surface area contributed by atoms with E-state index in [1.165, 1.54) is 0 Å². The molecular weight excluding hydrogens is 483 g/mol. The number of carbonyl (C=O) groups excluding carboxylic acids is 2. The summed E-state index contributed by atoms with van der Waals surface area (Å²) in [6.07, 6.45) is -2.46. The number of methoxy groups -OCH3 is 2. The maximum atomic E-state index is 13.0. The first kappa shape index (κ1) is 27.7. The van der Waals surface area contributed by atoms with Crippen LogP contribution in [-0.2, 0) is 14.3 Å². The highest BCUT2D eigenvalue weighted by molar-refractivity contribution is 5.94. The van der Waals surface area contributed by atoms with E-state index in [4.69, 9.17) is 19.4 Å². The van der Waals surface area contributed by atoms with Crippen LogP contribution in [0.25, 0.3) is 0 Å². The van der Waals surface area contributed by atoms with Crippen LogP contribution in [0.2, 0.25) is 0 Å². The summed E-state index contributed by atoms with van der Waals surface area (Å²) in [5.41, 5.74) is 0.303. The minimum Gasteiger partial charge on any atom is -0.497 e. The van der Waals surface area contributed by atoms with Gasteiger partial charge in [-0.05, 0) is 43.5 Å². The Hall–Kier alpha value is -2.86. The monoisotopic (exact) mass is 515 g/mol. The summed E-state index contributed by atoms with van der Waals surface area (Å²) in [4.78, 5) is 39.1. The van der Waals surface area contributed by atoms with Crippen molar-refractivity contribution in [3.63, 3.8) is 0 Å². The molecule has 0 aromatic heterocycles. The number of carboxylic acids is 1. The van der Waals surface area contributed by atoms with Gasteiger partial charge in [0.25, 0.3) is 5.91 Å². The lowest BCUT2D eigenvalue weighted by molar-refractivity contribution is -0.192. The smallest absolute Gasteiger partial charge is 0.490 e. The first-order chi connectivity index (χ1) is 17.0. The highest BCUT2D eigenvalue weighted by Crippen LogP contribution is 2.56. The Morgan fingerprint density at radius 3 is 2.17 bits per heavy atom. The largest absolute Gasteiger partial charge is 0.497 e. The number of amides is 2. The molecular formula is C24H32F3N3O6. The third kappa shape index (κ3) is 5.59. The van der Waals surface area contributed by atoms with Crippen molar-refractivity contribution in [3.05, 3.63) is 29.8 Å². The minimum absolute atomic E-state index is 0.0571. The topological polar surface area (TPSA) is 108 Å². The van der Waals surface area contributed by atoms with E-state index < -0.39 is 12.1 Å². The maximum absolute atomic E-state index is 13.0. The number of ether oxygens (including phenoxy) is 2. The second-order valence-electron chi connectivity index (χ2n) is 9.40. The third-order valence-corrected chi connectivity index (χ3v) is 7.51. The molecule has 12 heteroatoms. The van der Waals surface area contributed by atoms with Gasteiger partial charge >= 0.3 is 12.1 Å². The number of likely N-dealkylation sites (tertiary alicyclic amines) is 2. The third-order valence-electron chi connectivity index (χ3n) is 7.51. The zero-order valence-electron chi connectivity index (χ0n) is 20.4. The van der Waals surface area contributed by atoms with Crippen molar-refractivity contribution in [1.29, 1.82) is 0 Å². The van der Waals surface area contributed by atoms with Crippen LogP contribution in [-0.4, -0.2) is 99.0 Å². The molecule has 1 aromatic rings. The first-order valence-electron chi connectivity index (χ1n) is 11.7. The summed E-state index contributed by atoms with van der Waals surface area (Å²) >= 11 is 0. The van der Waals surface area contributed by atoms with E-state index in [1.807, 2.05) is 29.2 Å². The number of benzene rings is 1. The van der Waals surface area contributed by atoms with Crippen molar-refractivity contribution < 1.29 is 42.1 Å². The number of piperidine rings is 1. The van der Waals surface area contributed by atoms with E-state index in [0.717, 1.165) is 51.2 Å².